The molecule has 0 unspecified atom stereocenters. The van der Waals surface area contributed by atoms with Crippen molar-refractivity contribution in [2.24, 2.45) is 0 Å². The number of likely N-dealkylation sites (tertiary alicyclic amines) is 1. The van der Waals surface area contributed by atoms with Gasteiger partial charge in [-0.25, -0.2) is 4.79 Å². The predicted octanol–water partition coefficient (Wildman–Crippen LogP) is 1.56. The van der Waals surface area contributed by atoms with Crippen LogP contribution in [0.3, 0.4) is 0 Å². The summed E-state index contributed by atoms with van der Waals surface area (Å²) in [7, 11) is 0. The van der Waals surface area contributed by atoms with Crippen LogP contribution in [-0.4, -0.2) is 61.4 Å². The fraction of sp³-hybridized carbons (Fsp3) is 0.938. The maximum atomic E-state index is 11.6. The highest BCUT2D eigenvalue weighted by molar-refractivity contribution is 5.71. The number of hydrogen-bond donors (Lipinski definition) is 1. The first-order valence-electron chi connectivity index (χ1n) is 8.22. The smallest absolute Gasteiger partial charge is 0.332 e. The second kappa shape index (κ2) is 7.56. The fourth-order valence-electron chi connectivity index (χ4n) is 3.14. The minimum atomic E-state index is -0.432. The van der Waals surface area contributed by atoms with Crippen molar-refractivity contribution < 1.29 is 14.3 Å². The number of nitrogens with one attached hydrogen (secondary N) is 1. The third-order valence-corrected chi connectivity index (χ3v) is 4.16. The Morgan fingerprint density at radius 1 is 1.14 bits per heavy atom. The Hall–Kier alpha value is -0.650. The summed E-state index contributed by atoms with van der Waals surface area (Å²) in [5.41, 5.74) is -0.432. The highest BCUT2D eigenvalue weighted by Gasteiger charge is 2.27. The van der Waals surface area contributed by atoms with E-state index in [0.717, 1.165) is 45.1 Å². The van der Waals surface area contributed by atoms with Gasteiger partial charge in [0, 0.05) is 19.1 Å². The summed E-state index contributed by atoms with van der Waals surface area (Å²) in [6, 6.07) is 0.734. The number of carbonyl (C=O) groups is 1. The third kappa shape index (κ3) is 5.93. The summed E-state index contributed by atoms with van der Waals surface area (Å²) < 4.78 is 11.0. The topological polar surface area (TPSA) is 50.8 Å². The molecule has 2 saturated heterocycles. The van der Waals surface area contributed by atoms with E-state index in [1.165, 1.54) is 12.8 Å². The molecule has 0 aromatic carbocycles. The van der Waals surface area contributed by atoms with Crippen molar-refractivity contribution in [3.05, 3.63) is 0 Å². The van der Waals surface area contributed by atoms with Gasteiger partial charge in [-0.3, -0.25) is 0 Å². The Morgan fingerprint density at radius 2 is 1.76 bits per heavy atom. The SMILES string of the molecule is CC(C)(C)OC(=O)COC1CCN(C2CCNCC2)CC1. The average Bonchev–Trinajstić information content (AvgIpc) is 2.45. The largest absolute Gasteiger partial charge is 0.458 e. The van der Waals surface area contributed by atoms with Crippen LogP contribution in [0.5, 0.6) is 0 Å². The number of esters is 1. The number of piperidine rings is 2. The third-order valence-electron chi connectivity index (χ3n) is 4.16. The van der Waals surface area contributed by atoms with E-state index in [1.807, 2.05) is 20.8 Å². The Labute approximate surface area is 128 Å². The lowest BCUT2D eigenvalue weighted by Gasteiger charge is -2.39. The van der Waals surface area contributed by atoms with E-state index in [2.05, 4.69) is 10.2 Å². The molecule has 0 atom stereocenters. The zero-order valence-electron chi connectivity index (χ0n) is 13.7. The molecule has 2 heterocycles. The van der Waals surface area contributed by atoms with Crippen molar-refractivity contribution in [1.29, 1.82) is 0 Å². The maximum Gasteiger partial charge on any atom is 0.332 e. The van der Waals surface area contributed by atoms with Crippen molar-refractivity contribution in [2.45, 2.75) is 64.2 Å². The number of nitrogens with zero attached hydrogens (tertiary/aromatic N) is 1. The van der Waals surface area contributed by atoms with Gasteiger partial charge in [-0.05, 0) is 59.5 Å². The lowest BCUT2D eigenvalue weighted by molar-refractivity contribution is -0.163. The van der Waals surface area contributed by atoms with E-state index in [0.29, 0.717) is 0 Å². The standard InChI is InChI=1S/C16H30N2O3/c1-16(2,3)21-15(19)12-20-14-6-10-18(11-7-14)13-4-8-17-9-5-13/h13-14,17H,4-12H2,1-3H3. The minimum absolute atomic E-state index is 0.0787. The Morgan fingerprint density at radius 3 is 2.33 bits per heavy atom. The van der Waals surface area contributed by atoms with E-state index < -0.39 is 5.60 Å². The van der Waals surface area contributed by atoms with Crippen molar-refractivity contribution in [3.8, 4) is 0 Å². The molecule has 0 amide bonds. The van der Waals surface area contributed by atoms with Gasteiger partial charge in [0.25, 0.3) is 0 Å². The monoisotopic (exact) mass is 298 g/mol. The lowest BCUT2D eigenvalue weighted by Crippen LogP contribution is -2.47. The van der Waals surface area contributed by atoms with Gasteiger partial charge < -0.3 is 19.7 Å². The molecule has 1 N–H and O–H groups in total. The van der Waals surface area contributed by atoms with Crippen LogP contribution in [0, 0.1) is 0 Å². The second-order valence-corrected chi connectivity index (χ2v) is 7.11. The first-order chi connectivity index (χ1) is 9.94. The summed E-state index contributed by atoms with van der Waals surface area (Å²) in [6.07, 6.45) is 4.75. The molecule has 2 rings (SSSR count). The Kier molecular flexibility index (Phi) is 6.02. The van der Waals surface area contributed by atoms with Crippen LogP contribution in [0.1, 0.15) is 46.5 Å². The molecule has 0 aromatic heterocycles. The van der Waals surface area contributed by atoms with Gasteiger partial charge in [0.2, 0.25) is 0 Å². The number of hydrogen-bond acceptors (Lipinski definition) is 5. The Balaban J connectivity index is 1.63. The lowest BCUT2D eigenvalue weighted by atomic mass is 10.00. The van der Waals surface area contributed by atoms with Gasteiger partial charge in [-0.2, -0.15) is 0 Å². The molecule has 122 valence electrons. The molecule has 0 aliphatic carbocycles. The van der Waals surface area contributed by atoms with Crippen LogP contribution < -0.4 is 5.32 Å². The van der Waals surface area contributed by atoms with E-state index >= 15 is 0 Å². The molecule has 2 aliphatic heterocycles. The Bertz CT molecular complexity index is 327. The van der Waals surface area contributed by atoms with Crippen molar-refractivity contribution in [3.63, 3.8) is 0 Å². The zero-order chi connectivity index (χ0) is 15.3. The molecular weight excluding hydrogens is 268 g/mol. The molecular formula is C16H30N2O3. The van der Waals surface area contributed by atoms with E-state index in [-0.39, 0.29) is 18.7 Å². The van der Waals surface area contributed by atoms with E-state index in [1.54, 1.807) is 0 Å². The van der Waals surface area contributed by atoms with Gasteiger partial charge in [-0.15, -0.1) is 0 Å². The van der Waals surface area contributed by atoms with E-state index in [4.69, 9.17) is 9.47 Å². The summed E-state index contributed by atoms with van der Waals surface area (Å²) in [6.45, 7) is 10.2. The predicted molar refractivity (Wildman–Crippen MR) is 82.3 cm³/mol. The molecule has 21 heavy (non-hydrogen) atoms. The first-order valence-corrected chi connectivity index (χ1v) is 8.22. The molecule has 2 fully saturated rings. The molecule has 0 aromatic rings. The summed E-state index contributed by atoms with van der Waals surface area (Å²) >= 11 is 0. The number of carbonyl (C=O) groups excluding carboxylic acids is 1. The highest BCUT2D eigenvalue weighted by Crippen LogP contribution is 2.20. The normalized spacial score (nSPS) is 23.2. The van der Waals surface area contributed by atoms with Crippen LogP contribution in [0.4, 0.5) is 0 Å². The average molecular weight is 298 g/mol. The molecule has 0 spiro atoms. The van der Waals surface area contributed by atoms with Crippen LogP contribution in [0.15, 0.2) is 0 Å². The summed E-state index contributed by atoms with van der Waals surface area (Å²) in [5, 5.41) is 3.41. The summed E-state index contributed by atoms with van der Waals surface area (Å²) in [5.74, 6) is -0.261. The molecule has 0 bridgehead atoms. The molecule has 5 nitrogen and oxygen atoms in total. The summed E-state index contributed by atoms with van der Waals surface area (Å²) in [4.78, 5) is 14.2. The van der Waals surface area contributed by atoms with Crippen molar-refractivity contribution in [1.82, 2.24) is 10.2 Å². The molecule has 2 aliphatic rings. The number of rotatable bonds is 4. The van der Waals surface area contributed by atoms with Crippen LogP contribution >= 0.6 is 0 Å². The molecule has 0 saturated carbocycles. The van der Waals surface area contributed by atoms with Crippen LogP contribution in [-0.2, 0) is 14.3 Å². The molecule has 5 heteroatoms. The minimum Gasteiger partial charge on any atom is -0.458 e. The van der Waals surface area contributed by atoms with Crippen LogP contribution in [0.25, 0.3) is 0 Å². The van der Waals surface area contributed by atoms with Crippen molar-refractivity contribution in [2.75, 3.05) is 32.8 Å². The fourth-order valence-corrected chi connectivity index (χ4v) is 3.14. The zero-order valence-corrected chi connectivity index (χ0v) is 13.7. The second-order valence-electron chi connectivity index (χ2n) is 7.11. The quantitative estimate of drug-likeness (QED) is 0.798. The van der Waals surface area contributed by atoms with Crippen LogP contribution in [0.2, 0.25) is 0 Å². The van der Waals surface area contributed by atoms with Gasteiger partial charge in [0.05, 0.1) is 6.10 Å². The van der Waals surface area contributed by atoms with Crippen molar-refractivity contribution >= 4 is 5.97 Å². The van der Waals surface area contributed by atoms with Gasteiger partial charge >= 0.3 is 5.97 Å². The number of ether oxygens (including phenoxy) is 2. The van der Waals surface area contributed by atoms with Gasteiger partial charge in [0.1, 0.15) is 12.2 Å². The maximum absolute atomic E-state index is 11.6. The highest BCUT2D eigenvalue weighted by atomic mass is 16.6. The van der Waals surface area contributed by atoms with Gasteiger partial charge in [-0.1, -0.05) is 0 Å². The molecule has 0 radical (unpaired) electrons. The van der Waals surface area contributed by atoms with Gasteiger partial charge in [0.15, 0.2) is 0 Å². The van der Waals surface area contributed by atoms with E-state index in [9.17, 15) is 4.79 Å². The first kappa shape index (κ1) is 16.7.